The second kappa shape index (κ2) is 8.11. The molecule has 0 radical (unpaired) electrons. The van der Waals surface area contributed by atoms with Crippen LogP contribution in [0.5, 0.6) is 0 Å². The molecule has 1 aliphatic heterocycles. The first kappa shape index (κ1) is 16.7. The Balaban J connectivity index is 1.71. The van der Waals surface area contributed by atoms with Gasteiger partial charge in [0.15, 0.2) is 6.54 Å². The van der Waals surface area contributed by atoms with Gasteiger partial charge in [-0.05, 0) is 24.0 Å². The Morgan fingerprint density at radius 1 is 1.08 bits per heavy atom. The van der Waals surface area contributed by atoms with Crippen LogP contribution in [-0.2, 0) is 4.79 Å². The molecule has 2 aromatic rings. The van der Waals surface area contributed by atoms with Gasteiger partial charge in [0.1, 0.15) is 0 Å². The Kier molecular flexibility index (Phi) is 5.65. The highest BCUT2D eigenvalue weighted by atomic mass is 16.2. The van der Waals surface area contributed by atoms with Crippen molar-refractivity contribution in [3.05, 3.63) is 71.8 Å². The van der Waals surface area contributed by atoms with E-state index in [0.29, 0.717) is 6.54 Å². The van der Waals surface area contributed by atoms with E-state index >= 15 is 0 Å². The summed E-state index contributed by atoms with van der Waals surface area (Å²) < 4.78 is 0. The number of hydrogen-bond acceptors (Lipinski definition) is 1. The van der Waals surface area contributed by atoms with Gasteiger partial charge in [-0.2, -0.15) is 0 Å². The standard InChI is InChI=1S/C21H26N2O/c1-17-9-8-14-23(15-17)16-20(24)22-21(18-10-4-2-5-11-18)19-12-6-3-7-13-19/h2-7,10-13,17,21H,8-9,14-16H2,1H3,(H,22,24)/p+1/t17-/m1/s1. The van der Waals surface area contributed by atoms with Crippen LogP contribution in [0, 0.1) is 5.92 Å². The average molecular weight is 323 g/mol. The van der Waals surface area contributed by atoms with Gasteiger partial charge >= 0.3 is 0 Å². The van der Waals surface area contributed by atoms with E-state index in [1.807, 2.05) is 36.4 Å². The van der Waals surface area contributed by atoms with E-state index in [1.54, 1.807) is 0 Å². The third-order valence-electron chi connectivity index (χ3n) is 4.85. The molecule has 1 saturated heterocycles. The number of nitrogens with one attached hydrogen (secondary N) is 2. The molecular formula is C21H27N2O+. The Morgan fingerprint density at radius 2 is 1.67 bits per heavy atom. The Bertz CT molecular complexity index is 602. The minimum absolute atomic E-state index is 0.0819. The molecule has 0 aromatic heterocycles. The number of quaternary nitrogens is 1. The van der Waals surface area contributed by atoms with E-state index in [4.69, 9.17) is 0 Å². The molecule has 0 saturated carbocycles. The molecule has 1 heterocycles. The van der Waals surface area contributed by atoms with Crippen LogP contribution in [0.15, 0.2) is 60.7 Å². The highest BCUT2D eigenvalue weighted by molar-refractivity contribution is 5.77. The SMILES string of the molecule is C[C@@H]1CCC[NH+](CC(=O)NC(c2ccccc2)c2ccccc2)C1. The summed E-state index contributed by atoms with van der Waals surface area (Å²) in [5.74, 6) is 0.859. The second-order valence-electron chi connectivity index (χ2n) is 6.95. The van der Waals surface area contributed by atoms with Gasteiger partial charge in [0.05, 0.1) is 19.1 Å². The van der Waals surface area contributed by atoms with Crippen LogP contribution in [0.1, 0.15) is 36.9 Å². The normalized spacial score (nSPS) is 20.8. The van der Waals surface area contributed by atoms with Gasteiger partial charge in [-0.1, -0.05) is 67.6 Å². The van der Waals surface area contributed by atoms with Crippen molar-refractivity contribution in [3.63, 3.8) is 0 Å². The van der Waals surface area contributed by atoms with Crippen molar-refractivity contribution in [1.82, 2.24) is 5.32 Å². The highest BCUT2D eigenvalue weighted by Gasteiger charge is 2.24. The summed E-state index contributed by atoms with van der Waals surface area (Å²) in [6.45, 7) is 5.07. The lowest BCUT2D eigenvalue weighted by Gasteiger charge is -2.28. The molecule has 3 heteroatoms. The van der Waals surface area contributed by atoms with Gasteiger partial charge in [0.25, 0.3) is 5.91 Å². The zero-order valence-corrected chi connectivity index (χ0v) is 14.4. The number of carbonyl (C=O) groups excluding carboxylic acids is 1. The number of likely N-dealkylation sites (tertiary alicyclic amines) is 1. The molecule has 2 aromatic carbocycles. The lowest BCUT2D eigenvalue weighted by atomic mass is 9.98. The van der Waals surface area contributed by atoms with Crippen molar-refractivity contribution >= 4 is 5.91 Å². The summed E-state index contributed by atoms with van der Waals surface area (Å²) in [6.07, 6.45) is 2.52. The van der Waals surface area contributed by atoms with Crippen LogP contribution in [0.4, 0.5) is 0 Å². The maximum absolute atomic E-state index is 12.6. The van der Waals surface area contributed by atoms with Crippen LogP contribution < -0.4 is 10.2 Å². The van der Waals surface area contributed by atoms with Gasteiger partial charge in [0.2, 0.25) is 0 Å². The Labute approximate surface area is 144 Å². The van der Waals surface area contributed by atoms with Gasteiger partial charge in [-0.25, -0.2) is 0 Å². The third kappa shape index (κ3) is 4.45. The molecular weight excluding hydrogens is 296 g/mol. The molecule has 3 rings (SSSR count). The average Bonchev–Trinajstić information content (AvgIpc) is 2.61. The zero-order chi connectivity index (χ0) is 16.8. The molecule has 0 bridgehead atoms. The molecule has 2 N–H and O–H groups in total. The first-order valence-corrected chi connectivity index (χ1v) is 8.95. The van der Waals surface area contributed by atoms with Crippen molar-refractivity contribution in [2.24, 2.45) is 5.92 Å². The van der Waals surface area contributed by atoms with Crippen LogP contribution in [0.25, 0.3) is 0 Å². The van der Waals surface area contributed by atoms with Crippen LogP contribution in [0.2, 0.25) is 0 Å². The molecule has 3 nitrogen and oxygen atoms in total. The predicted octanol–water partition coefficient (Wildman–Crippen LogP) is 2.21. The first-order chi connectivity index (χ1) is 11.7. The topological polar surface area (TPSA) is 33.5 Å². The monoisotopic (exact) mass is 323 g/mol. The van der Waals surface area contributed by atoms with E-state index in [0.717, 1.165) is 30.1 Å². The molecule has 0 spiro atoms. The molecule has 1 unspecified atom stereocenters. The largest absolute Gasteiger partial charge is 0.340 e. The molecule has 24 heavy (non-hydrogen) atoms. The summed E-state index contributed by atoms with van der Waals surface area (Å²) in [4.78, 5) is 14.1. The Hall–Kier alpha value is -2.13. The zero-order valence-electron chi connectivity index (χ0n) is 14.4. The summed E-state index contributed by atoms with van der Waals surface area (Å²) in [5, 5.41) is 3.25. The van der Waals surface area contributed by atoms with Crippen LogP contribution in [-0.4, -0.2) is 25.5 Å². The molecule has 2 atom stereocenters. The van der Waals surface area contributed by atoms with Crippen LogP contribution in [0.3, 0.4) is 0 Å². The number of carbonyl (C=O) groups is 1. The lowest BCUT2D eigenvalue weighted by Crippen LogP contribution is -3.14. The maximum atomic E-state index is 12.6. The Morgan fingerprint density at radius 3 is 2.21 bits per heavy atom. The fourth-order valence-corrected chi connectivity index (χ4v) is 3.65. The molecule has 126 valence electrons. The van der Waals surface area contributed by atoms with Gasteiger partial charge < -0.3 is 10.2 Å². The van der Waals surface area contributed by atoms with E-state index in [1.165, 1.54) is 17.7 Å². The first-order valence-electron chi connectivity index (χ1n) is 8.95. The molecule has 1 fully saturated rings. The van der Waals surface area contributed by atoms with E-state index < -0.39 is 0 Å². The van der Waals surface area contributed by atoms with Crippen molar-refractivity contribution in [3.8, 4) is 0 Å². The van der Waals surface area contributed by atoms with Gasteiger partial charge in [-0.3, -0.25) is 4.79 Å². The number of piperidine rings is 1. The second-order valence-corrected chi connectivity index (χ2v) is 6.95. The minimum Gasteiger partial charge on any atom is -0.340 e. The molecule has 1 aliphatic rings. The van der Waals surface area contributed by atoms with Gasteiger partial charge in [0, 0.05) is 5.92 Å². The van der Waals surface area contributed by atoms with Crippen molar-refractivity contribution in [2.45, 2.75) is 25.8 Å². The fourth-order valence-electron chi connectivity index (χ4n) is 3.65. The maximum Gasteiger partial charge on any atom is 0.275 e. The third-order valence-corrected chi connectivity index (χ3v) is 4.85. The molecule has 1 amide bonds. The van der Waals surface area contributed by atoms with E-state index in [2.05, 4.69) is 36.5 Å². The van der Waals surface area contributed by atoms with E-state index in [-0.39, 0.29) is 11.9 Å². The summed E-state index contributed by atoms with van der Waals surface area (Å²) in [7, 11) is 0. The predicted molar refractivity (Wildman–Crippen MR) is 96.8 cm³/mol. The highest BCUT2D eigenvalue weighted by Crippen LogP contribution is 2.21. The summed E-state index contributed by atoms with van der Waals surface area (Å²) >= 11 is 0. The number of amides is 1. The number of benzene rings is 2. The number of rotatable bonds is 5. The quantitative estimate of drug-likeness (QED) is 0.869. The number of hydrogen-bond donors (Lipinski definition) is 2. The van der Waals surface area contributed by atoms with Crippen molar-refractivity contribution in [2.75, 3.05) is 19.6 Å². The van der Waals surface area contributed by atoms with E-state index in [9.17, 15) is 4.79 Å². The lowest BCUT2D eigenvalue weighted by molar-refractivity contribution is -0.900. The fraction of sp³-hybridized carbons (Fsp3) is 0.381. The summed E-state index contributed by atoms with van der Waals surface area (Å²) in [6, 6.07) is 20.3. The van der Waals surface area contributed by atoms with Crippen molar-refractivity contribution < 1.29 is 9.69 Å². The minimum atomic E-state index is -0.0819. The van der Waals surface area contributed by atoms with Gasteiger partial charge in [-0.15, -0.1) is 0 Å². The van der Waals surface area contributed by atoms with Crippen LogP contribution >= 0.6 is 0 Å². The summed E-state index contributed by atoms with van der Waals surface area (Å²) in [5.41, 5.74) is 2.25. The smallest absolute Gasteiger partial charge is 0.275 e. The molecule has 0 aliphatic carbocycles. The van der Waals surface area contributed by atoms with Crippen molar-refractivity contribution in [1.29, 1.82) is 0 Å².